The zero-order valence-electron chi connectivity index (χ0n) is 14.6. The molecule has 5 nitrogen and oxygen atoms in total. The fraction of sp³-hybridized carbons (Fsp3) is 0.350. The molecule has 2 aliphatic rings. The van der Waals surface area contributed by atoms with Crippen molar-refractivity contribution in [2.24, 2.45) is 0 Å². The second-order valence-corrected chi connectivity index (χ2v) is 7.83. The maximum absolute atomic E-state index is 12.8. The van der Waals surface area contributed by atoms with Gasteiger partial charge in [-0.05, 0) is 48.7 Å². The van der Waals surface area contributed by atoms with Gasteiger partial charge in [0.2, 0.25) is 0 Å². The van der Waals surface area contributed by atoms with E-state index in [0.717, 1.165) is 40.9 Å². The van der Waals surface area contributed by atoms with E-state index in [2.05, 4.69) is 15.9 Å². The molecule has 2 aliphatic heterocycles. The van der Waals surface area contributed by atoms with E-state index in [-0.39, 0.29) is 18.6 Å². The summed E-state index contributed by atoms with van der Waals surface area (Å²) in [4.78, 5) is 14.6. The van der Waals surface area contributed by atoms with Gasteiger partial charge in [-0.15, -0.1) is 0 Å². The van der Waals surface area contributed by atoms with E-state index in [0.29, 0.717) is 24.0 Å². The van der Waals surface area contributed by atoms with E-state index in [1.54, 1.807) is 12.1 Å². The minimum Gasteiger partial charge on any atom is -0.486 e. The van der Waals surface area contributed by atoms with Crippen molar-refractivity contribution in [2.75, 3.05) is 26.4 Å². The summed E-state index contributed by atoms with van der Waals surface area (Å²) < 4.78 is 17.8. The third-order valence-corrected chi connectivity index (χ3v) is 5.56. The molecule has 27 heavy (non-hydrogen) atoms. The van der Waals surface area contributed by atoms with Gasteiger partial charge in [0, 0.05) is 11.0 Å². The SMILES string of the molecule is O=C(COc1ccc(Br)cc1Cl)N1CCCC1c1ccc2c(c1)OCCO2. The number of rotatable bonds is 4. The molecule has 0 radical (unpaired) electrons. The lowest BCUT2D eigenvalue weighted by atomic mass is 10.0. The van der Waals surface area contributed by atoms with Gasteiger partial charge in [0.1, 0.15) is 19.0 Å². The second kappa shape index (κ2) is 7.98. The van der Waals surface area contributed by atoms with Crippen molar-refractivity contribution < 1.29 is 19.0 Å². The third-order valence-electron chi connectivity index (χ3n) is 4.77. The molecule has 0 spiro atoms. The molecule has 1 amide bonds. The smallest absolute Gasteiger partial charge is 0.261 e. The Morgan fingerprint density at radius 3 is 2.81 bits per heavy atom. The molecule has 1 unspecified atom stereocenters. The van der Waals surface area contributed by atoms with Crippen LogP contribution >= 0.6 is 27.5 Å². The van der Waals surface area contributed by atoms with E-state index in [4.69, 9.17) is 25.8 Å². The molecule has 0 aromatic heterocycles. The number of amides is 1. The van der Waals surface area contributed by atoms with Gasteiger partial charge in [0.15, 0.2) is 18.1 Å². The number of likely N-dealkylation sites (tertiary alicyclic amines) is 1. The lowest BCUT2D eigenvalue weighted by molar-refractivity contribution is -0.134. The Labute approximate surface area is 171 Å². The summed E-state index contributed by atoms with van der Waals surface area (Å²) in [6.07, 6.45) is 1.88. The van der Waals surface area contributed by atoms with Crippen LogP contribution in [-0.4, -0.2) is 37.2 Å². The van der Waals surface area contributed by atoms with Crippen molar-refractivity contribution in [3.8, 4) is 17.2 Å². The summed E-state index contributed by atoms with van der Waals surface area (Å²) >= 11 is 9.51. The quantitative estimate of drug-likeness (QED) is 0.679. The van der Waals surface area contributed by atoms with Crippen LogP contribution in [0.25, 0.3) is 0 Å². The zero-order valence-corrected chi connectivity index (χ0v) is 17.0. The van der Waals surface area contributed by atoms with Crippen molar-refractivity contribution in [3.05, 3.63) is 51.5 Å². The van der Waals surface area contributed by atoms with Crippen LogP contribution in [0.3, 0.4) is 0 Å². The summed E-state index contributed by atoms with van der Waals surface area (Å²) in [6, 6.07) is 11.3. The van der Waals surface area contributed by atoms with Crippen molar-refractivity contribution in [1.82, 2.24) is 4.90 Å². The average Bonchev–Trinajstić information content (AvgIpc) is 3.16. The van der Waals surface area contributed by atoms with Crippen molar-refractivity contribution in [1.29, 1.82) is 0 Å². The standard InChI is InChI=1S/C20H19BrClNO4/c21-14-4-6-17(15(22)11-14)27-12-20(24)23-7-1-2-16(23)13-3-5-18-19(10-13)26-9-8-25-18/h3-6,10-11,16H,1-2,7-9,12H2. The Balaban J connectivity index is 1.45. The molecule has 1 atom stereocenters. The second-order valence-electron chi connectivity index (χ2n) is 6.51. The van der Waals surface area contributed by atoms with Gasteiger partial charge in [0.25, 0.3) is 5.91 Å². The molecule has 2 aromatic carbocycles. The van der Waals surface area contributed by atoms with Crippen LogP contribution in [0.1, 0.15) is 24.4 Å². The van der Waals surface area contributed by atoms with Gasteiger partial charge in [-0.25, -0.2) is 0 Å². The Morgan fingerprint density at radius 1 is 1.19 bits per heavy atom. The molecule has 0 bridgehead atoms. The molecule has 1 saturated heterocycles. The number of hydrogen-bond donors (Lipinski definition) is 0. The fourth-order valence-electron chi connectivity index (χ4n) is 3.49. The van der Waals surface area contributed by atoms with E-state index in [1.807, 2.05) is 29.2 Å². The summed E-state index contributed by atoms with van der Waals surface area (Å²) in [5.41, 5.74) is 1.06. The Bertz CT molecular complexity index is 860. The Hall–Kier alpha value is -1.92. The first-order valence-electron chi connectivity index (χ1n) is 8.89. The zero-order chi connectivity index (χ0) is 18.8. The van der Waals surface area contributed by atoms with Gasteiger partial charge in [-0.1, -0.05) is 33.6 Å². The lowest BCUT2D eigenvalue weighted by Gasteiger charge is -2.26. The number of nitrogens with zero attached hydrogens (tertiary/aromatic N) is 1. The highest BCUT2D eigenvalue weighted by Gasteiger charge is 2.31. The Kier molecular flexibility index (Phi) is 5.45. The predicted octanol–water partition coefficient (Wildman–Crippen LogP) is 4.62. The van der Waals surface area contributed by atoms with Gasteiger partial charge in [0.05, 0.1) is 11.1 Å². The first-order chi connectivity index (χ1) is 13.1. The number of carbonyl (C=O) groups excluding carboxylic acids is 1. The number of fused-ring (bicyclic) bond motifs is 1. The molecule has 4 rings (SSSR count). The predicted molar refractivity (Wildman–Crippen MR) is 106 cm³/mol. The van der Waals surface area contributed by atoms with Crippen LogP contribution in [0.4, 0.5) is 0 Å². The minimum atomic E-state index is -0.0497. The van der Waals surface area contributed by atoms with Crippen LogP contribution < -0.4 is 14.2 Å². The molecule has 2 heterocycles. The average molecular weight is 453 g/mol. The molecule has 0 N–H and O–H groups in total. The maximum Gasteiger partial charge on any atom is 0.261 e. The molecule has 7 heteroatoms. The van der Waals surface area contributed by atoms with Crippen LogP contribution in [0.5, 0.6) is 17.2 Å². The number of benzene rings is 2. The highest BCUT2D eigenvalue weighted by Crippen LogP contribution is 2.38. The number of halogens is 2. The first-order valence-corrected chi connectivity index (χ1v) is 10.1. The number of hydrogen-bond acceptors (Lipinski definition) is 4. The first kappa shape index (κ1) is 18.4. The molecule has 1 fully saturated rings. The molecular formula is C20H19BrClNO4. The van der Waals surface area contributed by atoms with Crippen molar-refractivity contribution in [2.45, 2.75) is 18.9 Å². The summed E-state index contributed by atoms with van der Waals surface area (Å²) in [6.45, 7) is 1.79. The van der Waals surface area contributed by atoms with E-state index in [1.165, 1.54) is 0 Å². The Morgan fingerprint density at radius 2 is 2.00 bits per heavy atom. The molecular weight excluding hydrogens is 434 g/mol. The number of ether oxygens (including phenoxy) is 3. The minimum absolute atomic E-state index is 0.0253. The molecule has 0 saturated carbocycles. The third kappa shape index (κ3) is 4.01. The number of carbonyl (C=O) groups is 1. The van der Waals surface area contributed by atoms with Gasteiger partial charge >= 0.3 is 0 Å². The summed E-state index contributed by atoms with van der Waals surface area (Å²) in [7, 11) is 0. The monoisotopic (exact) mass is 451 g/mol. The highest BCUT2D eigenvalue weighted by molar-refractivity contribution is 9.10. The van der Waals surface area contributed by atoms with Crippen molar-refractivity contribution >= 4 is 33.4 Å². The normalized spacial score (nSPS) is 18.4. The van der Waals surface area contributed by atoms with E-state index in [9.17, 15) is 4.79 Å². The van der Waals surface area contributed by atoms with Gasteiger partial charge in [-0.2, -0.15) is 0 Å². The van der Waals surface area contributed by atoms with Crippen LogP contribution in [-0.2, 0) is 4.79 Å². The van der Waals surface area contributed by atoms with E-state index < -0.39 is 0 Å². The van der Waals surface area contributed by atoms with Crippen LogP contribution in [0, 0.1) is 0 Å². The molecule has 2 aromatic rings. The van der Waals surface area contributed by atoms with Gasteiger partial charge < -0.3 is 19.1 Å². The van der Waals surface area contributed by atoms with Crippen molar-refractivity contribution in [3.63, 3.8) is 0 Å². The molecule has 142 valence electrons. The highest BCUT2D eigenvalue weighted by atomic mass is 79.9. The summed E-state index contributed by atoms with van der Waals surface area (Å²) in [5, 5.41) is 0.474. The summed E-state index contributed by atoms with van der Waals surface area (Å²) in [5.74, 6) is 1.96. The maximum atomic E-state index is 12.8. The molecule has 0 aliphatic carbocycles. The fourth-order valence-corrected chi connectivity index (χ4v) is 4.22. The van der Waals surface area contributed by atoms with E-state index >= 15 is 0 Å². The largest absolute Gasteiger partial charge is 0.486 e. The lowest BCUT2D eigenvalue weighted by Crippen LogP contribution is -2.34. The van der Waals surface area contributed by atoms with Crippen LogP contribution in [0.2, 0.25) is 5.02 Å². The van der Waals surface area contributed by atoms with Gasteiger partial charge in [-0.3, -0.25) is 4.79 Å². The van der Waals surface area contributed by atoms with Crippen LogP contribution in [0.15, 0.2) is 40.9 Å². The topological polar surface area (TPSA) is 48.0 Å².